The summed E-state index contributed by atoms with van der Waals surface area (Å²) in [5, 5.41) is 19.9. The maximum atomic E-state index is 11.1. The van der Waals surface area contributed by atoms with Gasteiger partial charge in [0, 0.05) is 22.4 Å². The molecule has 1 saturated carbocycles. The lowest BCUT2D eigenvalue weighted by molar-refractivity contribution is -0.0333. The third-order valence-electron chi connectivity index (χ3n) is 5.88. The Bertz CT molecular complexity index is 847. The first-order valence-electron chi connectivity index (χ1n) is 8.45. The van der Waals surface area contributed by atoms with E-state index in [1.165, 1.54) is 0 Å². The van der Waals surface area contributed by atoms with Crippen LogP contribution in [0.15, 0.2) is 18.5 Å². The molecule has 1 aliphatic carbocycles. The Morgan fingerprint density at radius 2 is 1.96 bits per heavy atom. The molecule has 0 unspecified atom stereocenters. The van der Waals surface area contributed by atoms with Crippen molar-refractivity contribution >= 4 is 21.9 Å². The summed E-state index contributed by atoms with van der Waals surface area (Å²) in [4.78, 5) is 8.73. The van der Waals surface area contributed by atoms with E-state index in [1.807, 2.05) is 26.1 Å². The van der Waals surface area contributed by atoms with E-state index in [4.69, 9.17) is 0 Å². The molecule has 0 spiro atoms. The van der Waals surface area contributed by atoms with Gasteiger partial charge in [-0.3, -0.25) is 5.10 Å². The number of hydrogen-bond acceptors (Lipinski definition) is 3. The molecule has 4 rings (SSSR count). The first-order chi connectivity index (χ1) is 10.9. The summed E-state index contributed by atoms with van der Waals surface area (Å²) in [5.41, 5.74) is 1.77. The van der Waals surface area contributed by atoms with Crippen molar-refractivity contribution in [3.8, 4) is 0 Å². The number of H-pyrrole nitrogens is 2. The molecule has 0 aromatic carbocycles. The number of hydrogen-bond donors (Lipinski definition) is 3. The zero-order valence-electron chi connectivity index (χ0n) is 14.0. The van der Waals surface area contributed by atoms with E-state index in [0.29, 0.717) is 0 Å². The molecule has 0 amide bonds. The molecule has 5 nitrogen and oxygen atoms in total. The highest BCUT2D eigenvalue weighted by molar-refractivity contribution is 6.05. The molecule has 3 aromatic rings. The first-order valence-corrected chi connectivity index (χ1v) is 8.45. The largest absolute Gasteiger partial charge is 0.389 e. The third kappa shape index (κ3) is 2.02. The molecule has 3 N–H and O–H groups in total. The van der Waals surface area contributed by atoms with Gasteiger partial charge in [0.2, 0.25) is 0 Å². The van der Waals surface area contributed by atoms with Gasteiger partial charge in [-0.25, -0.2) is 9.97 Å². The van der Waals surface area contributed by atoms with Crippen LogP contribution in [-0.4, -0.2) is 30.9 Å². The molecule has 0 aliphatic heterocycles. The molecular weight excluding hydrogens is 288 g/mol. The second-order valence-corrected chi connectivity index (χ2v) is 7.68. The highest BCUT2D eigenvalue weighted by Crippen LogP contribution is 2.50. The maximum absolute atomic E-state index is 11.1. The van der Waals surface area contributed by atoms with E-state index in [2.05, 4.69) is 27.1 Å². The van der Waals surface area contributed by atoms with Gasteiger partial charge in [-0.05, 0) is 51.5 Å². The fourth-order valence-corrected chi connectivity index (χ4v) is 4.30. The summed E-state index contributed by atoms with van der Waals surface area (Å²) < 4.78 is 0. The topological polar surface area (TPSA) is 77.6 Å². The predicted molar refractivity (Wildman–Crippen MR) is 91.4 cm³/mol. The van der Waals surface area contributed by atoms with Crippen LogP contribution >= 0.6 is 0 Å². The Morgan fingerprint density at radius 3 is 2.65 bits per heavy atom. The number of pyridine rings is 1. The summed E-state index contributed by atoms with van der Waals surface area (Å²) in [6.07, 6.45) is 7.87. The average molecular weight is 312 g/mol. The zero-order chi connectivity index (χ0) is 16.2. The van der Waals surface area contributed by atoms with Crippen molar-refractivity contribution in [2.24, 2.45) is 5.92 Å². The van der Waals surface area contributed by atoms with Crippen molar-refractivity contribution < 1.29 is 5.11 Å². The molecule has 0 saturated heterocycles. The Morgan fingerprint density at radius 1 is 1.22 bits per heavy atom. The zero-order valence-corrected chi connectivity index (χ0v) is 14.0. The van der Waals surface area contributed by atoms with Gasteiger partial charge in [-0.1, -0.05) is 6.92 Å². The lowest BCUT2D eigenvalue weighted by Gasteiger charge is -2.47. The van der Waals surface area contributed by atoms with Gasteiger partial charge in [0.25, 0.3) is 0 Å². The maximum Gasteiger partial charge on any atom is 0.159 e. The quantitative estimate of drug-likeness (QED) is 0.676. The lowest BCUT2D eigenvalue weighted by Crippen LogP contribution is -2.50. The Balaban J connectivity index is 2.00. The Labute approximate surface area is 135 Å². The van der Waals surface area contributed by atoms with Gasteiger partial charge in [0.05, 0.1) is 23.0 Å². The van der Waals surface area contributed by atoms with E-state index >= 15 is 0 Å². The summed E-state index contributed by atoms with van der Waals surface area (Å²) >= 11 is 0. The standard InChI is InChI=1S/C18H24N4O/c1-11-4-7-18(8-5-11,17(2,3)23)15-14-12-6-9-19-16(12)20-10-13(14)21-22-15/h6,9-11,21-23H,4-5,7-8H2,1-3H3. The molecule has 0 radical (unpaired) electrons. The number of rotatable bonds is 2. The van der Waals surface area contributed by atoms with Crippen LogP contribution < -0.4 is 0 Å². The van der Waals surface area contributed by atoms with Gasteiger partial charge in [0.15, 0.2) is 5.65 Å². The summed E-state index contributed by atoms with van der Waals surface area (Å²) in [5.74, 6) is 0.720. The van der Waals surface area contributed by atoms with Crippen LogP contribution in [0.4, 0.5) is 0 Å². The summed E-state index contributed by atoms with van der Waals surface area (Å²) in [6, 6.07) is 2.01. The van der Waals surface area contributed by atoms with E-state index < -0.39 is 5.60 Å². The SMILES string of the molecule is CC1CCC(c2[nH][nH]c3cnc4nccc4c23)(C(C)(C)O)CC1. The Kier molecular flexibility index (Phi) is 3.07. The lowest BCUT2D eigenvalue weighted by atomic mass is 9.60. The minimum absolute atomic E-state index is 0.274. The van der Waals surface area contributed by atoms with Crippen LogP contribution in [0.2, 0.25) is 0 Å². The van der Waals surface area contributed by atoms with Crippen LogP contribution in [0.3, 0.4) is 0 Å². The minimum Gasteiger partial charge on any atom is -0.389 e. The number of nitrogens with one attached hydrogen (secondary N) is 2. The minimum atomic E-state index is -0.797. The highest BCUT2D eigenvalue weighted by atomic mass is 16.3. The first kappa shape index (κ1) is 14.7. The molecule has 0 bridgehead atoms. The highest BCUT2D eigenvalue weighted by Gasteiger charge is 2.49. The third-order valence-corrected chi connectivity index (χ3v) is 5.88. The van der Waals surface area contributed by atoms with Crippen molar-refractivity contribution in [2.45, 2.75) is 57.5 Å². The molecule has 3 heterocycles. The van der Waals surface area contributed by atoms with Gasteiger partial charge >= 0.3 is 0 Å². The van der Waals surface area contributed by atoms with E-state index in [-0.39, 0.29) is 5.41 Å². The van der Waals surface area contributed by atoms with Crippen molar-refractivity contribution in [3.05, 3.63) is 24.2 Å². The van der Waals surface area contributed by atoms with Crippen molar-refractivity contribution in [2.75, 3.05) is 0 Å². The molecule has 1 fully saturated rings. The Hall–Kier alpha value is -1.88. The average Bonchev–Trinajstić information content (AvgIpc) is 3.12. The van der Waals surface area contributed by atoms with Crippen molar-refractivity contribution in [3.63, 3.8) is 0 Å². The van der Waals surface area contributed by atoms with Crippen LogP contribution in [0.25, 0.3) is 21.9 Å². The monoisotopic (exact) mass is 312 g/mol. The number of fused-ring (bicyclic) bond motifs is 3. The van der Waals surface area contributed by atoms with Crippen LogP contribution in [0, 0.1) is 5.92 Å². The van der Waals surface area contributed by atoms with E-state index in [9.17, 15) is 5.11 Å². The fraction of sp³-hybridized carbons (Fsp3) is 0.556. The normalized spacial score (nSPS) is 26.2. The van der Waals surface area contributed by atoms with Crippen molar-refractivity contribution in [1.82, 2.24) is 20.2 Å². The van der Waals surface area contributed by atoms with Crippen LogP contribution in [0.5, 0.6) is 0 Å². The predicted octanol–water partition coefficient (Wildman–Crippen LogP) is 3.66. The molecular formula is C18H24N4O. The fourth-order valence-electron chi connectivity index (χ4n) is 4.30. The smallest absolute Gasteiger partial charge is 0.159 e. The van der Waals surface area contributed by atoms with Crippen LogP contribution in [0.1, 0.15) is 52.1 Å². The van der Waals surface area contributed by atoms with Crippen molar-refractivity contribution in [1.29, 1.82) is 0 Å². The van der Waals surface area contributed by atoms with E-state index in [1.54, 1.807) is 6.20 Å². The summed E-state index contributed by atoms with van der Waals surface area (Å²) in [7, 11) is 0. The number of nitrogens with zero attached hydrogens (tertiary/aromatic N) is 2. The summed E-state index contributed by atoms with van der Waals surface area (Å²) in [6.45, 7) is 6.19. The molecule has 23 heavy (non-hydrogen) atoms. The number of aliphatic hydroxyl groups is 1. The molecule has 122 valence electrons. The molecule has 3 aromatic heterocycles. The molecule has 0 atom stereocenters. The molecule has 1 aliphatic rings. The number of aromatic amines is 2. The van der Waals surface area contributed by atoms with Crippen LogP contribution in [-0.2, 0) is 5.41 Å². The van der Waals surface area contributed by atoms with Gasteiger partial charge < -0.3 is 10.2 Å². The second-order valence-electron chi connectivity index (χ2n) is 7.68. The van der Waals surface area contributed by atoms with Gasteiger partial charge in [-0.2, -0.15) is 0 Å². The molecule has 5 heteroatoms. The van der Waals surface area contributed by atoms with Gasteiger partial charge in [-0.15, -0.1) is 0 Å². The van der Waals surface area contributed by atoms with E-state index in [0.717, 1.165) is 59.2 Å². The number of aromatic nitrogens is 4. The second kappa shape index (κ2) is 4.81. The van der Waals surface area contributed by atoms with Gasteiger partial charge in [0.1, 0.15) is 0 Å².